The van der Waals surface area contributed by atoms with Crippen molar-refractivity contribution in [2.75, 3.05) is 24.2 Å². The molecule has 1 aromatic rings. The summed E-state index contributed by atoms with van der Waals surface area (Å²) >= 11 is 0. The zero-order valence-electron chi connectivity index (χ0n) is 11.4. The fourth-order valence-corrected chi connectivity index (χ4v) is 2.56. The van der Waals surface area contributed by atoms with Crippen molar-refractivity contribution in [3.05, 3.63) is 23.8 Å². The highest BCUT2D eigenvalue weighted by Crippen LogP contribution is 2.26. The smallest absolute Gasteiger partial charge is 0.340 e. The molecule has 0 bridgehead atoms. The number of nitrogens with two attached hydrogens (primary N) is 1. The van der Waals surface area contributed by atoms with Crippen LogP contribution in [0.1, 0.15) is 43.0 Å². The second-order valence-electron chi connectivity index (χ2n) is 5.06. The highest BCUT2D eigenvalue weighted by atomic mass is 16.5. The Balaban J connectivity index is 2.07. The number of anilines is 2. The highest BCUT2D eigenvalue weighted by Gasteiger charge is 2.17. The lowest BCUT2D eigenvalue weighted by atomic mass is 10.1. The minimum Gasteiger partial charge on any atom is -0.462 e. The van der Waals surface area contributed by atoms with Crippen LogP contribution in [0.15, 0.2) is 18.2 Å². The van der Waals surface area contributed by atoms with E-state index in [2.05, 4.69) is 5.32 Å². The summed E-state index contributed by atoms with van der Waals surface area (Å²) in [5.74, 6) is 0.399. The van der Waals surface area contributed by atoms with Crippen molar-refractivity contribution >= 4 is 17.3 Å². The van der Waals surface area contributed by atoms with E-state index in [1.807, 2.05) is 6.07 Å². The molecule has 2 rings (SSSR count). The number of nitrogens with one attached hydrogen (secondary N) is 1. The van der Waals surface area contributed by atoms with Crippen molar-refractivity contribution in [1.29, 1.82) is 0 Å². The summed E-state index contributed by atoms with van der Waals surface area (Å²) in [5.41, 5.74) is 7.67. The first-order valence-electron chi connectivity index (χ1n) is 7.01. The number of nitrogen functional groups attached to an aromatic ring is 1. The molecule has 0 heterocycles. The Hall–Kier alpha value is -1.71. The van der Waals surface area contributed by atoms with Gasteiger partial charge in [0.25, 0.3) is 0 Å². The Morgan fingerprint density at radius 3 is 2.84 bits per heavy atom. The molecule has 0 aromatic heterocycles. The zero-order chi connectivity index (χ0) is 13.7. The van der Waals surface area contributed by atoms with Gasteiger partial charge in [-0.15, -0.1) is 0 Å². The van der Waals surface area contributed by atoms with Gasteiger partial charge >= 0.3 is 5.97 Å². The van der Waals surface area contributed by atoms with Gasteiger partial charge in [-0.3, -0.25) is 0 Å². The lowest BCUT2D eigenvalue weighted by Gasteiger charge is -2.15. The molecule has 0 aliphatic heterocycles. The van der Waals surface area contributed by atoms with Crippen LogP contribution in [0.3, 0.4) is 0 Å². The maximum absolute atomic E-state index is 11.9. The fraction of sp³-hybridized carbons (Fsp3) is 0.533. The van der Waals surface area contributed by atoms with E-state index in [9.17, 15) is 4.79 Å². The van der Waals surface area contributed by atoms with Crippen LogP contribution < -0.4 is 11.1 Å². The third-order valence-corrected chi connectivity index (χ3v) is 3.59. The number of esters is 1. The second-order valence-corrected chi connectivity index (χ2v) is 5.06. The Labute approximate surface area is 114 Å². The molecular formula is C15H22N2O2. The molecule has 4 nitrogen and oxygen atoms in total. The first-order chi connectivity index (χ1) is 9.20. The van der Waals surface area contributed by atoms with E-state index in [-0.39, 0.29) is 5.97 Å². The Bertz CT molecular complexity index is 440. The summed E-state index contributed by atoms with van der Waals surface area (Å²) in [6, 6.07) is 5.34. The van der Waals surface area contributed by atoms with Crippen molar-refractivity contribution in [2.45, 2.75) is 32.6 Å². The average molecular weight is 262 g/mol. The number of hydrogen-bond acceptors (Lipinski definition) is 4. The van der Waals surface area contributed by atoms with Crippen molar-refractivity contribution in [1.82, 2.24) is 0 Å². The normalized spacial score (nSPS) is 15.4. The summed E-state index contributed by atoms with van der Waals surface area (Å²) in [6.07, 6.45) is 5.19. The predicted molar refractivity (Wildman–Crippen MR) is 77.3 cm³/mol. The van der Waals surface area contributed by atoms with Crippen LogP contribution in [0.5, 0.6) is 0 Å². The van der Waals surface area contributed by atoms with Gasteiger partial charge in [-0.1, -0.05) is 12.8 Å². The molecule has 0 atom stereocenters. The molecule has 0 unspecified atom stereocenters. The van der Waals surface area contributed by atoms with Crippen molar-refractivity contribution < 1.29 is 9.53 Å². The molecule has 0 amide bonds. The van der Waals surface area contributed by atoms with Crippen LogP contribution in [0.2, 0.25) is 0 Å². The zero-order valence-corrected chi connectivity index (χ0v) is 11.4. The maximum Gasteiger partial charge on any atom is 0.340 e. The summed E-state index contributed by atoms with van der Waals surface area (Å²) in [5, 5.41) is 3.37. The van der Waals surface area contributed by atoms with Crippen molar-refractivity contribution in [2.24, 2.45) is 5.92 Å². The first-order valence-corrected chi connectivity index (χ1v) is 7.01. The topological polar surface area (TPSA) is 64.3 Å². The molecule has 1 saturated carbocycles. The van der Waals surface area contributed by atoms with Crippen LogP contribution in [0.4, 0.5) is 11.4 Å². The van der Waals surface area contributed by atoms with E-state index in [0.717, 1.165) is 12.2 Å². The van der Waals surface area contributed by atoms with Gasteiger partial charge < -0.3 is 15.8 Å². The third-order valence-electron chi connectivity index (χ3n) is 3.59. The van der Waals surface area contributed by atoms with Crippen molar-refractivity contribution in [3.63, 3.8) is 0 Å². The summed E-state index contributed by atoms with van der Waals surface area (Å²) < 4.78 is 5.06. The maximum atomic E-state index is 11.9. The Morgan fingerprint density at radius 2 is 2.16 bits per heavy atom. The van der Waals surface area contributed by atoms with Crippen molar-refractivity contribution in [3.8, 4) is 0 Å². The number of hydrogen-bond donors (Lipinski definition) is 2. The molecule has 1 aliphatic carbocycles. The van der Waals surface area contributed by atoms with E-state index < -0.39 is 0 Å². The van der Waals surface area contributed by atoms with Crippen LogP contribution >= 0.6 is 0 Å². The fourth-order valence-electron chi connectivity index (χ4n) is 2.56. The Morgan fingerprint density at radius 1 is 1.42 bits per heavy atom. The van der Waals surface area contributed by atoms with Gasteiger partial charge in [-0.25, -0.2) is 4.79 Å². The highest BCUT2D eigenvalue weighted by molar-refractivity contribution is 5.96. The van der Waals surface area contributed by atoms with Gasteiger partial charge in [0.05, 0.1) is 12.2 Å². The molecule has 104 valence electrons. The van der Waals surface area contributed by atoms with Gasteiger partial charge in [0, 0.05) is 17.9 Å². The molecule has 19 heavy (non-hydrogen) atoms. The number of carbonyl (C=O) groups is 1. The molecule has 0 spiro atoms. The SMILES string of the molecule is CCOC(=O)c1cc(N)ccc1NCC1CCCC1. The lowest BCUT2D eigenvalue weighted by molar-refractivity contribution is 0.0527. The molecular weight excluding hydrogens is 240 g/mol. The van der Waals surface area contributed by atoms with Gasteiger partial charge in [0.15, 0.2) is 0 Å². The Kier molecular flexibility index (Phi) is 4.66. The molecule has 0 radical (unpaired) electrons. The van der Waals surface area contributed by atoms with Gasteiger partial charge in [0.1, 0.15) is 0 Å². The second kappa shape index (κ2) is 6.45. The summed E-state index contributed by atoms with van der Waals surface area (Å²) in [7, 11) is 0. The minimum atomic E-state index is -0.316. The van der Waals surface area contributed by atoms with Crippen LogP contribution in [-0.4, -0.2) is 19.1 Å². The number of ether oxygens (including phenoxy) is 1. The third kappa shape index (κ3) is 3.63. The number of carbonyl (C=O) groups excluding carboxylic acids is 1. The largest absolute Gasteiger partial charge is 0.462 e. The van der Waals surface area contributed by atoms with Gasteiger partial charge in [-0.2, -0.15) is 0 Å². The standard InChI is InChI=1S/C15H22N2O2/c1-2-19-15(18)13-9-12(16)7-8-14(13)17-10-11-5-3-4-6-11/h7-9,11,17H,2-6,10,16H2,1H3. The minimum absolute atomic E-state index is 0.316. The molecule has 3 N–H and O–H groups in total. The van der Waals surface area contributed by atoms with E-state index in [1.54, 1.807) is 19.1 Å². The lowest BCUT2D eigenvalue weighted by Crippen LogP contribution is -2.15. The summed E-state index contributed by atoms with van der Waals surface area (Å²) in [4.78, 5) is 11.9. The quantitative estimate of drug-likeness (QED) is 0.632. The first kappa shape index (κ1) is 13.7. The molecule has 0 saturated heterocycles. The predicted octanol–water partition coefficient (Wildman–Crippen LogP) is 3.05. The average Bonchev–Trinajstić information content (AvgIpc) is 2.90. The number of benzene rings is 1. The van der Waals surface area contributed by atoms with Crippen LogP contribution in [-0.2, 0) is 4.74 Å². The molecule has 4 heteroatoms. The van der Waals surface area contributed by atoms with Crippen LogP contribution in [0.25, 0.3) is 0 Å². The molecule has 1 fully saturated rings. The molecule has 1 aromatic carbocycles. The monoisotopic (exact) mass is 262 g/mol. The van der Waals surface area contributed by atoms with E-state index in [4.69, 9.17) is 10.5 Å². The van der Waals surface area contributed by atoms with Gasteiger partial charge in [0.2, 0.25) is 0 Å². The molecule has 1 aliphatic rings. The number of rotatable bonds is 5. The van der Waals surface area contributed by atoms with Gasteiger partial charge in [-0.05, 0) is 43.9 Å². The van der Waals surface area contributed by atoms with E-state index >= 15 is 0 Å². The summed E-state index contributed by atoms with van der Waals surface area (Å²) in [6.45, 7) is 3.09. The van der Waals surface area contributed by atoms with E-state index in [0.29, 0.717) is 23.8 Å². The van der Waals surface area contributed by atoms with E-state index in [1.165, 1.54) is 25.7 Å². The van der Waals surface area contributed by atoms with Crippen LogP contribution in [0, 0.1) is 5.92 Å².